The van der Waals surface area contributed by atoms with Crippen molar-refractivity contribution in [1.29, 1.82) is 0 Å². The third-order valence-corrected chi connectivity index (χ3v) is 5.08. The molecule has 5 aromatic rings. The number of hydrogen-bond acceptors (Lipinski definition) is 4. The van der Waals surface area contributed by atoms with Gasteiger partial charge in [0.1, 0.15) is 17.2 Å². The van der Waals surface area contributed by atoms with Gasteiger partial charge in [-0.1, -0.05) is 48.5 Å². The number of hydrogen-bond donors (Lipinski definition) is 2. The van der Waals surface area contributed by atoms with Gasteiger partial charge in [-0.25, -0.2) is 4.39 Å². The lowest BCUT2D eigenvalue weighted by molar-refractivity contribution is 0.100. The molecule has 0 saturated carbocycles. The van der Waals surface area contributed by atoms with Crippen molar-refractivity contribution in [2.45, 2.75) is 0 Å². The molecule has 2 aromatic heterocycles. The van der Waals surface area contributed by atoms with Gasteiger partial charge in [-0.3, -0.25) is 9.89 Å². The second-order valence-corrected chi connectivity index (χ2v) is 7.06. The Hall–Kier alpha value is -4.39. The van der Waals surface area contributed by atoms with Crippen molar-refractivity contribution in [3.05, 3.63) is 90.2 Å². The minimum Gasteiger partial charge on any atom is -0.366 e. The Morgan fingerprint density at radius 1 is 0.806 bits per heavy atom. The molecule has 6 nitrogen and oxygen atoms in total. The number of benzene rings is 3. The summed E-state index contributed by atoms with van der Waals surface area (Å²) in [5, 5.41) is 18.0. The van der Waals surface area contributed by atoms with Crippen LogP contribution in [-0.2, 0) is 0 Å². The van der Waals surface area contributed by atoms with Gasteiger partial charge in [0.2, 0.25) is 5.91 Å². The molecule has 5 rings (SSSR count). The van der Waals surface area contributed by atoms with E-state index < -0.39 is 5.91 Å². The van der Waals surface area contributed by atoms with Crippen LogP contribution in [0.25, 0.3) is 44.7 Å². The molecule has 3 aromatic carbocycles. The molecular weight excluding hydrogens is 393 g/mol. The van der Waals surface area contributed by atoms with Crippen LogP contribution < -0.4 is 5.73 Å². The number of H-pyrrole nitrogens is 1. The van der Waals surface area contributed by atoms with Crippen LogP contribution >= 0.6 is 0 Å². The fourth-order valence-corrected chi connectivity index (χ4v) is 3.55. The number of aromatic nitrogens is 4. The van der Waals surface area contributed by atoms with E-state index in [1.54, 1.807) is 36.4 Å². The Bertz CT molecular complexity index is 1430. The number of amides is 1. The van der Waals surface area contributed by atoms with Crippen LogP contribution in [0.15, 0.2) is 78.9 Å². The summed E-state index contributed by atoms with van der Waals surface area (Å²) in [6.07, 6.45) is 0. The van der Waals surface area contributed by atoms with Crippen LogP contribution in [-0.4, -0.2) is 26.3 Å². The van der Waals surface area contributed by atoms with Crippen LogP contribution in [0.1, 0.15) is 10.4 Å². The summed E-state index contributed by atoms with van der Waals surface area (Å²) >= 11 is 0. The Kier molecular flexibility index (Phi) is 4.48. The average Bonchev–Trinajstić information content (AvgIpc) is 3.28. The van der Waals surface area contributed by atoms with E-state index >= 15 is 0 Å². The molecule has 2 heterocycles. The summed E-state index contributed by atoms with van der Waals surface area (Å²) in [6, 6.07) is 22.8. The molecule has 0 aliphatic heterocycles. The van der Waals surface area contributed by atoms with E-state index in [0.29, 0.717) is 33.9 Å². The van der Waals surface area contributed by atoms with Crippen molar-refractivity contribution in [2.75, 3.05) is 0 Å². The first-order valence-corrected chi connectivity index (χ1v) is 9.57. The van der Waals surface area contributed by atoms with Crippen molar-refractivity contribution in [3.8, 4) is 33.9 Å². The Morgan fingerprint density at radius 3 is 2.23 bits per heavy atom. The number of carbonyl (C=O) groups excluding carboxylic acids is 1. The first kappa shape index (κ1) is 18.6. The molecule has 0 radical (unpaired) electrons. The summed E-state index contributed by atoms with van der Waals surface area (Å²) < 4.78 is 13.6. The average molecular weight is 409 g/mol. The van der Waals surface area contributed by atoms with Gasteiger partial charge in [0, 0.05) is 27.5 Å². The van der Waals surface area contributed by atoms with E-state index in [0.717, 1.165) is 16.3 Å². The van der Waals surface area contributed by atoms with Crippen molar-refractivity contribution in [2.24, 2.45) is 5.73 Å². The monoisotopic (exact) mass is 409 g/mol. The van der Waals surface area contributed by atoms with Gasteiger partial charge in [-0.05, 0) is 30.3 Å². The zero-order valence-electron chi connectivity index (χ0n) is 16.2. The Labute approximate surface area is 176 Å². The Balaban J connectivity index is 1.61. The van der Waals surface area contributed by atoms with Gasteiger partial charge >= 0.3 is 0 Å². The number of primary amides is 1. The first-order valence-electron chi connectivity index (χ1n) is 9.57. The number of aromatic amines is 1. The number of nitrogens with two attached hydrogens (primary N) is 1. The number of nitrogens with one attached hydrogen (secondary N) is 1. The van der Waals surface area contributed by atoms with Crippen LogP contribution in [0.2, 0.25) is 0 Å². The van der Waals surface area contributed by atoms with Crippen LogP contribution in [0.4, 0.5) is 4.39 Å². The van der Waals surface area contributed by atoms with E-state index in [1.165, 1.54) is 12.1 Å². The minimum atomic E-state index is -0.480. The van der Waals surface area contributed by atoms with Crippen molar-refractivity contribution >= 4 is 16.7 Å². The summed E-state index contributed by atoms with van der Waals surface area (Å²) in [6.45, 7) is 0. The molecule has 31 heavy (non-hydrogen) atoms. The molecular formula is C24H16FN5O. The Morgan fingerprint density at radius 2 is 1.52 bits per heavy atom. The predicted octanol–water partition coefficient (Wildman–Crippen LogP) is 4.59. The summed E-state index contributed by atoms with van der Waals surface area (Å²) in [5.41, 5.74) is 9.89. The standard InChI is InChI=1S/C24H16FN5O/c25-17-5-3-4-16(12-17)20-13-21(28-27-20)23-19-7-2-1-6-18(19)22(29-30-23)14-8-10-15(11-9-14)24(26)31/h1-13H,(H2,26,31)(H,27,28). The first-order chi connectivity index (χ1) is 15.1. The second-order valence-electron chi connectivity index (χ2n) is 7.06. The molecule has 0 saturated heterocycles. The molecule has 0 unspecified atom stereocenters. The topological polar surface area (TPSA) is 97.6 Å². The van der Waals surface area contributed by atoms with E-state index in [9.17, 15) is 9.18 Å². The molecule has 0 fully saturated rings. The molecule has 7 heteroatoms. The van der Waals surface area contributed by atoms with E-state index in [4.69, 9.17) is 5.73 Å². The molecule has 0 bridgehead atoms. The smallest absolute Gasteiger partial charge is 0.248 e. The van der Waals surface area contributed by atoms with E-state index in [1.807, 2.05) is 30.3 Å². The maximum atomic E-state index is 13.6. The molecule has 1 amide bonds. The summed E-state index contributed by atoms with van der Waals surface area (Å²) in [7, 11) is 0. The van der Waals surface area contributed by atoms with E-state index in [2.05, 4.69) is 20.4 Å². The number of halogens is 1. The predicted molar refractivity (Wildman–Crippen MR) is 116 cm³/mol. The molecule has 0 aliphatic carbocycles. The van der Waals surface area contributed by atoms with Gasteiger partial charge in [-0.2, -0.15) is 5.10 Å². The quantitative estimate of drug-likeness (QED) is 0.454. The normalized spacial score (nSPS) is 11.0. The molecule has 3 N–H and O–H groups in total. The molecule has 150 valence electrons. The number of fused-ring (bicyclic) bond motifs is 1. The molecule has 0 spiro atoms. The fraction of sp³-hybridized carbons (Fsp3) is 0. The van der Waals surface area contributed by atoms with Crippen molar-refractivity contribution in [1.82, 2.24) is 20.4 Å². The van der Waals surface area contributed by atoms with Crippen LogP contribution in [0.3, 0.4) is 0 Å². The fourth-order valence-electron chi connectivity index (χ4n) is 3.55. The largest absolute Gasteiger partial charge is 0.366 e. The minimum absolute atomic E-state index is 0.320. The highest BCUT2D eigenvalue weighted by atomic mass is 19.1. The zero-order chi connectivity index (χ0) is 21.4. The third kappa shape index (κ3) is 3.42. The van der Waals surface area contributed by atoms with Gasteiger partial charge in [0.15, 0.2) is 0 Å². The second kappa shape index (κ2) is 7.46. The van der Waals surface area contributed by atoms with Gasteiger partial charge < -0.3 is 5.73 Å². The number of rotatable bonds is 4. The SMILES string of the molecule is NC(=O)c1ccc(-c2nnc(-c3cc(-c4cccc(F)c4)n[nH]3)c3ccccc23)cc1. The highest BCUT2D eigenvalue weighted by Crippen LogP contribution is 2.32. The van der Waals surface area contributed by atoms with Gasteiger partial charge in [0.25, 0.3) is 0 Å². The highest BCUT2D eigenvalue weighted by Gasteiger charge is 2.15. The van der Waals surface area contributed by atoms with E-state index in [-0.39, 0.29) is 5.82 Å². The lowest BCUT2D eigenvalue weighted by Crippen LogP contribution is -2.10. The van der Waals surface area contributed by atoms with Crippen molar-refractivity contribution in [3.63, 3.8) is 0 Å². The lowest BCUT2D eigenvalue weighted by atomic mass is 10.0. The highest BCUT2D eigenvalue weighted by molar-refractivity contribution is 6.01. The number of carbonyl (C=O) groups is 1. The summed E-state index contributed by atoms with van der Waals surface area (Å²) in [4.78, 5) is 11.3. The van der Waals surface area contributed by atoms with Crippen LogP contribution in [0.5, 0.6) is 0 Å². The van der Waals surface area contributed by atoms with Gasteiger partial charge in [-0.15, -0.1) is 10.2 Å². The zero-order valence-corrected chi connectivity index (χ0v) is 16.2. The molecule has 0 atom stereocenters. The van der Waals surface area contributed by atoms with Crippen molar-refractivity contribution < 1.29 is 9.18 Å². The number of nitrogens with zero attached hydrogens (tertiary/aromatic N) is 3. The molecule has 0 aliphatic rings. The lowest BCUT2D eigenvalue weighted by Gasteiger charge is -2.08. The summed E-state index contributed by atoms with van der Waals surface area (Å²) in [5.74, 6) is -0.801. The van der Waals surface area contributed by atoms with Crippen LogP contribution in [0, 0.1) is 5.82 Å². The maximum Gasteiger partial charge on any atom is 0.248 e. The third-order valence-electron chi connectivity index (χ3n) is 5.08. The van der Waals surface area contributed by atoms with Gasteiger partial charge in [0.05, 0.1) is 11.4 Å². The maximum absolute atomic E-state index is 13.6.